The minimum Gasteiger partial charge on any atom is -0.463 e. The van der Waals surface area contributed by atoms with Crippen molar-refractivity contribution in [2.24, 2.45) is 0 Å². The van der Waals surface area contributed by atoms with Gasteiger partial charge in [0.05, 0.1) is 12.8 Å². The van der Waals surface area contributed by atoms with Crippen LogP contribution in [0.3, 0.4) is 0 Å². The third-order valence-electron chi connectivity index (χ3n) is 1.41. The van der Waals surface area contributed by atoms with Gasteiger partial charge in [-0.05, 0) is 6.92 Å². The number of esters is 1. The van der Waals surface area contributed by atoms with Crippen molar-refractivity contribution in [3.05, 3.63) is 27.7 Å². The fraction of sp³-hybridized carbons (Fsp3) is 0.286. The number of methoxy groups -OCH3 is 1. The smallest absolute Gasteiger partial charge is 0.374 e. The summed E-state index contributed by atoms with van der Waals surface area (Å²) in [4.78, 5) is 27.1. The van der Waals surface area contributed by atoms with Gasteiger partial charge >= 0.3 is 5.97 Å². The molecule has 1 N–H and O–H groups in total. The van der Waals surface area contributed by atoms with Crippen molar-refractivity contribution in [3.63, 3.8) is 0 Å². The van der Waals surface area contributed by atoms with E-state index in [0.29, 0.717) is 0 Å². The maximum atomic E-state index is 12.7. The van der Waals surface area contributed by atoms with Gasteiger partial charge in [0.25, 0.3) is 5.56 Å². The predicted molar refractivity (Wildman–Crippen MR) is 40.9 cm³/mol. The largest absolute Gasteiger partial charge is 0.463 e. The second-order valence-electron chi connectivity index (χ2n) is 2.31. The highest BCUT2D eigenvalue weighted by Crippen LogP contribution is 1.97. The third-order valence-corrected chi connectivity index (χ3v) is 1.41. The number of hydrogen-bond donors (Lipinski definition) is 1. The molecule has 0 unspecified atom stereocenters. The fourth-order valence-corrected chi connectivity index (χ4v) is 0.765. The Balaban J connectivity index is 3.29. The molecule has 5 nitrogen and oxygen atoms in total. The summed E-state index contributed by atoms with van der Waals surface area (Å²) in [7, 11) is 1.14. The highest BCUT2D eigenvalue weighted by atomic mass is 19.1. The summed E-state index contributed by atoms with van der Waals surface area (Å²) in [5, 5.41) is 0. The van der Waals surface area contributed by atoms with E-state index < -0.39 is 17.3 Å². The van der Waals surface area contributed by atoms with Crippen molar-refractivity contribution in [3.8, 4) is 0 Å². The average Bonchev–Trinajstić information content (AvgIpc) is 2.12. The van der Waals surface area contributed by atoms with Crippen LogP contribution in [0.5, 0.6) is 0 Å². The van der Waals surface area contributed by atoms with E-state index in [0.717, 1.165) is 7.11 Å². The zero-order valence-electron chi connectivity index (χ0n) is 7.05. The first kappa shape index (κ1) is 9.37. The van der Waals surface area contributed by atoms with Crippen molar-refractivity contribution >= 4 is 5.97 Å². The maximum Gasteiger partial charge on any atom is 0.374 e. The molecule has 1 aromatic heterocycles. The number of hydrogen-bond acceptors (Lipinski definition) is 4. The zero-order valence-corrected chi connectivity index (χ0v) is 7.05. The van der Waals surface area contributed by atoms with Crippen LogP contribution in [0.2, 0.25) is 0 Å². The van der Waals surface area contributed by atoms with E-state index in [-0.39, 0.29) is 11.5 Å². The number of nitrogens with one attached hydrogen (secondary N) is 1. The van der Waals surface area contributed by atoms with E-state index >= 15 is 0 Å². The van der Waals surface area contributed by atoms with Crippen LogP contribution in [0.15, 0.2) is 4.79 Å². The molecular formula is C7H7FN2O3. The van der Waals surface area contributed by atoms with E-state index in [1.54, 1.807) is 0 Å². The first-order chi connectivity index (χ1) is 6.06. The Hall–Kier alpha value is -1.72. The maximum absolute atomic E-state index is 12.7. The van der Waals surface area contributed by atoms with Crippen LogP contribution in [0.1, 0.15) is 16.3 Å². The van der Waals surface area contributed by atoms with Crippen LogP contribution in [0.25, 0.3) is 0 Å². The zero-order chi connectivity index (χ0) is 10.0. The lowest BCUT2D eigenvalue weighted by Gasteiger charge is -1.99. The second kappa shape index (κ2) is 3.34. The van der Waals surface area contributed by atoms with Crippen LogP contribution in [-0.4, -0.2) is 23.0 Å². The Bertz CT molecular complexity index is 399. The molecule has 1 rings (SSSR count). The highest BCUT2D eigenvalue weighted by Gasteiger charge is 2.12. The summed E-state index contributed by atoms with van der Waals surface area (Å²) < 4.78 is 17.0. The minimum atomic E-state index is -0.993. The number of carbonyl (C=O) groups excluding carboxylic acids is 1. The van der Waals surface area contributed by atoms with Gasteiger partial charge in [-0.25, -0.2) is 9.78 Å². The van der Waals surface area contributed by atoms with Gasteiger partial charge in [-0.2, -0.15) is 4.39 Å². The normalized spacial score (nSPS) is 9.77. The molecule has 13 heavy (non-hydrogen) atoms. The highest BCUT2D eigenvalue weighted by molar-refractivity contribution is 5.84. The molecule has 6 heteroatoms. The van der Waals surface area contributed by atoms with E-state index in [4.69, 9.17) is 0 Å². The molecule has 0 saturated heterocycles. The summed E-state index contributed by atoms with van der Waals surface area (Å²) in [5.74, 6) is -2.10. The number of aryl methyl sites for hydroxylation is 1. The SMILES string of the molecule is COC(=O)c1nc(C)c(F)c(=O)[nH]1. The molecule has 0 atom stereocenters. The van der Waals surface area contributed by atoms with Gasteiger partial charge in [-0.3, -0.25) is 9.78 Å². The van der Waals surface area contributed by atoms with Crippen LogP contribution in [0, 0.1) is 12.7 Å². The van der Waals surface area contributed by atoms with Crippen LogP contribution in [-0.2, 0) is 4.74 Å². The van der Waals surface area contributed by atoms with Crippen molar-refractivity contribution < 1.29 is 13.9 Å². The quantitative estimate of drug-likeness (QED) is 0.627. The molecule has 0 spiro atoms. The second-order valence-corrected chi connectivity index (χ2v) is 2.31. The van der Waals surface area contributed by atoms with Crippen molar-refractivity contribution in [2.45, 2.75) is 6.92 Å². The molecule has 0 aliphatic heterocycles. The van der Waals surface area contributed by atoms with Gasteiger partial charge in [0.15, 0.2) is 0 Å². The van der Waals surface area contributed by atoms with E-state index in [9.17, 15) is 14.0 Å². The first-order valence-corrected chi connectivity index (χ1v) is 3.41. The van der Waals surface area contributed by atoms with Gasteiger partial charge in [0.1, 0.15) is 0 Å². The summed E-state index contributed by atoms with van der Waals surface area (Å²) in [6.07, 6.45) is 0. The molecule has 0 fully saturated rings. The van der Waals surface area contributed by atoms with E-state index in [2.05, 4.69) is 9.72 Å². The summed E-state index contributed by atoms with van der Waals surface area (Å²) in [6.45, 7) is 1.29. The number of aromatic nitrogens is 2. The number of nitrogens with zero attached hydrogens (tertiary/aromatic N) is 1. The van der Waals surface area contributed by atoms with Crippen LogP contribution in [0.4, 0.5) is 4.39 Å². The Labute approximate surface area is 72.6 Å². The number of H-pyrrole nitrogens is 1. The van der Waals surface area contributed by atoms with Crippen LogP contribution < -0.4 is 5.56 Å². The third kappa shape index (κ3) is 1.71. The summed E-state index contributed by atoms with van der Waals surface area (Å²) >= 11 is 0. The summed E-state index contributed by atoms with van der Waals surface area (Å²) in [5.41, 5.74) is -1.11. The molecule has 0 aromatic carbocycles. The van der Waals surface area contributed by atoms with E-state index in [1.807, 2.05) is 4.98 Å². The van der Waals surface area contributed by atoms with Crippen molar-refractivity contribution in [2.75, 3.05) is 7.11 Å². The molecule has 0 bridgehead atoms. The Morgan fingerprint density at radius 3 is 2.69 bits per heavy atom. The average molecular weight is 186 g/mol. The Morgan fingerprint density at radius 2 is 2.23 bits per heavy atom. The molecule has 1 heterocycles. The topological polar surface area (TPSA) is 72.0 Å². The molecule has 0 aliphatic rings. The Kier molecular flexibility index (Phi) is 2.41. The Morgan fingerprint density at radius 1 is 1.62 bits per heavy atom. The van der Waals surface area contributed by atoms with Gasteiger partial charge in [-0.1, -0.05) is 0 Å². The molecule has 0 saturated carbocycles. The van der Waals surface area contributed by atoms with Gasteiger partial charge < -0.3 is 4.74 Å². The summed E-state index contributed by atoms with van der Waals surface area (Å²) in [6, 6.07) is 0. The molecule has 0 aliphatic carbocycles. The lowest BCUT2D eigenvalue weighted by molar-refractivity contribution is 0.0585. The molecule has 0 radical (unpaired) electrons. The number of aromatic amines is 1. The van der Waals surface area contributed by atoms with Crippen molar-refractivity contribution in [1.82, 2.24) is 9.97 Å². The molecule has 0 amide bonds. The van der Waals surface area contributed by atoms with E-state index in [1.165, 1.54) is 6.92 Å². The first-order valence-electron chi connectivity index (χ1n) is 3.41. The van der Waals surface area contributed by atoms with Gasteiger partial charge in [0.2, 0.25) is 11.6 Å². The standard InChI is InChI=1S/C7H7FN2O3/c1-3-4(8)6(11)10-5(9-3)7(12)13-2/h1-2H3,(H,9,10,11). The molecule has 1 aromatic rings. The molecular weight excluding hydrogens is 179 g/mol. The number of rotatable bonds is 1. The molecule has 70 valence electrons. The number of halogens is 1. The fourth-order valence-electron chi connectivity index (χ4n) is 0.765. The number of carbonyl (C=O) groups is 1. The van der Waals surface area contributed by atoms with Crippen molar-refractivity contribution in [1.29, 1.82) is 0 Å². The van der Waals surface area contributed by atoms with Gasteiger partial charge in [-0.15, -0.1) is 0 Å². The van der Waals surface area contributed by atoms with Gasteiger partial charge in [0, 0.05) is 0 Å². The lowest BCUT2D eigenvalue weighted by atomic mass is 10.4. The van der Waals surface area contributed by atoms with Crippen LogP contribution >= 0.6 is 0 Å². The predicted octanol–water partition coefficient (Wildman–Crippen LogP) is 0.00402. The monoisotopic (exact) mass is 186 g/mol. The lowest BCUT2D eigenvalue weighted by Crippen LogP contribution is -2.20. The minimum absolute atomic E-state index is 0.135. The number of ether oxygens (including phenoxy) is 1.